The van der Waals surface area contributed by atoms with Crippen LogP contribution in [0.4, 0.5) is 11.4 Å². The maximum atomic E-state index is 13.9. The average Bonchev–Trinajstić information content (AvgIpc) is 3.36. The van der Waals surface area contributed by atoms with Crippen molar-refractivity contribution in [1.29, 1.82) is 0 Å². The topological polar surface area (TPSA) is 130 Å². The van der Waals surface area contributed by atoms with E-state index >= 15 is 0 Å². The number of anilines is 1. The normalized spacial score (nSPS) is 14.6. The molecule has 0 saturated heterocycles. The summed E-state index contributed by atoms with van der Waals surface area (Å²) in [6.07, 6.45) is 5.15. The molecule has 206 valence electrons. The lowest BCUT2D eigenvalue weighted by Crippen LogP contribution is -2.53. The van der Waals surface area contributed by atoms with Gasteiger partial charge in [-0.25, -0.2) is 8.42 Å². The summed E-state index contributed by atoms with van der Waals surface area (Å²) in [6.45, 7) is 4.87. The van der Waals surface area contributed by atoms with Crippen molar-refractivity contribution < 1.29 is 22.9 Å². The molecular weight excluding hydrogens is 508 g/mol. The Morgan fingerprint density at radius 2 is 1.76 bits per heavy atom. The van der Waals surface area contributed by atoms with Crippen molar-refractivity contribution in [3.05, 3.63) is 69.3 Å². The van der Waals surface area contributed by atoms with Crippen LogP contribution in [0.15, 0.2) is 42.5 Å². The van der Waals surface area contributed by atoms with Gasteiger partial charge in [0.25, 0.3) is 5.69 Å². The van der Waals surface area contributed by atoms with E-state index < -0.39 is 33.4 Å². The van der Waals surface area contributed by atoms with Crippen molar-refractivity contribution in [2.75, 3.05) is 17.1 Å². The molecule has 0 radical (unpaired) electrons. The number of carbonyl (C=O) groups is 2. The molecule has 10 nitrogen and oxygen atoms in total. The fourth-order valence-electron chi connectivity index (χ4n) is 4.83. The van der Waals surface area contributed by atoms with Crippen LogP contribution in [0.5, 0.6) is 0 Å². The zero-order valence-corrected chi connectivity index (χ0v) is 23.2. The Morgan fingerprint density at radius 3 is 2.34 bits per heavy atom. The lowest BCUT2D eigenvalue weighted by Gasteiger charge is -2.34. The Hall–Kier alpha value is -3.47. The van der Waals surface area contributed by atoms with Crippen LogP contribution in [0, 0.1) is 24.0 Å². The average molecular weight is 545 g/mol. The molecule has 11 heteroatoms. The quantitative estimate of drug-likeness (QED) is 0.338. The number of non-ortho nitro benzene ring substituents is 1. The number of benzene rings is 2. The van der Waals surface area contributed by atoms with Gasteiger partial charge in [0.15, 0.2) is 0 Å². The van der Waals surface area contributed by atoms with E-state index in [0.717, 1.165) is 53.4 Å². The molecule has 2 aromatic rings. The predicted octanol–water partition coefficient (Wildman–Crippen LogP) is 3.84. The highest BCUT2D eigenvalue weighted by molar-refractivity contribution is 7.92. The second kappa shape index (κ2) is 12.4. The van der Waals surface area contributed by atoms with Crippen LogP contribution < -0.4 is 9.62 Å². The van der Waals surface area contributed by atoms with Gasteiger partial charge < -0.3 is 10.2 Å². The molecule has 0 heterocycles. The number of carbonyl (C=O) groups excluding carboxylic acids is 2. The third kappa shape index (κ3) is 7.09. The molecule has 38 heavy (non-hydrogen) atoms. The molecular formula is C27H36N4O6S. The summed E-state index contributed by atoms with van der Waals surface area (Å²) in [4.78, 5) is 39.4. The minimum atomic E-state index is -4.00. The number of sulfonamides is 1. The number of hydrogen-bond acceptors (Lipinski definition) is 6. The van der Waals surface area contributed by atoms with E-state index in [1.807, 2.05) is 38.1 Å². The Bertz CT molecular complexity index is 1290. The predicted molar refractivity (Wildman–Crippen MR) is 146 cm³/mol. The summed E-state index contributed by atoms with van der Waals surface area (Å²) in [5.74, 6) is -0.836. The summed E-state index contributed by atoms with van der Waals surface area (Å²) >= 11 is 0. The maximum absolute atomic E-state index is 13.9. The highest BCUT2D eigenvalue weighted by atomic mass is 32.2. The maximum Gasteiger partial charge on any atom is 0.271 e. The van der Waals surface area contributed by atoms with Gasteiger partial charge in [0.05, 0.1) is 16.9 Å². The molecule has 0 bridgehead atoms. The third-order valence-electron chi connectivity index (χ3n) is 7.04. The Labute approximate surface area is 224 Å². The van der Waals surface area contributed by atoms with E-state index in [2.05, 4.69) is 5.32 Å². The number of nitrogens with one attached hydrogen (secondary N) is 1. The van der Waals surface area contributed by atoms with Crippen LogP contribution in [-0.4, -0.2) is 54.9 Å². The van der Waals surface area contributed by atoms with Crippen LogP contribution in [0.25, 0.3) is 0 Å². The fourth-order valence-corrected chi connectivity index (χ4v) is 5.73. The van der Waals surface area contributed by atoms with E-state index in [1.54, 1.807) is 6.92 Å². The van der Waals surface area contributed by atoms with Crippen LogP contribution in [0.1, 0.15) is 55.7 Å². The van der Waals surface area contributed by atoms with Crippen molar-refractivity contribution in [2.24, 2.45) is 0 Å². The first-order valence-corrected chi connectivity index (χ1v) is 14.6. The zero-order valence-electron chi connectivity index (χ0n) is 22.3. The van der Waals surface area contributed by atoms with Crippen LogP contribution in [0.3, 0.4) is 0 Å². The first-order valence-electron chi connectivity index (χ1n) is 12.8. The van der Waals surface area contributed by atoms with Crippen molar-refractivity contribution in [3.63, 3.8) is 0 Å². The second-order valence-electron chi connectivity index (χ2n) is 9.86. The molecule has 2 aromatic carbocycles. The monoisotopic (exact) mass is 544 g/mol. The van der Waals surface area contributed by atoms with Gasteiger partial charge in [0, 0.05) is 24.7 Å². The molecule has 1 N–H and O–H groups in total. The molecule has 3 rings (SSSR count). The zero-order chi connectivity index (χ0) is 28.0. The van der Waals surface area contributed by atoms with Crippen LogP contribution in [-0.2, 0) is 26.2 Å². The SMILES string of the molecule is CC[C@@H](C(=O)NC1CCCC1)N(Cc1ccccc1C)C(=O)CN(c1cc([N+](=O)[O-])ccc1C)S(C)(=O)=O. The standard InChI is InChI=1S/C27H36N4O6S/c1-5-24(27(33)28-22-12-8-9-13-22)29(17-21-11-7-6-10-19(21)2)26(32)18-30(38(4,36)37)25-16-23(31(34)35)15-14-20(25)3/h6-7,10-11,14-16,22,24H,5,8-9,12-13,17-18H2,1-4H3,(H,28,33)/t24-/m0/s1. The number of nitro benzene ring substituents is 1. The first kappa shape index (κ1) is 29.1. The third-order valence-corrected chi connectivity index (χ3v) is 8.17. The van der Waals surface area contributed by atoms with Gasteiger partial charge in [-0.2, -0.15) is 0 Å². The number of rotatable bonds is 11. The highest BCUT2D eigenvalue weighted by Gasteiger charge is 2.33. The Morgan fingerprint density at radius 1 is 1.11 bits per heavy atom. The molecule has 1 atom stereocenters. The van der Waals surface area contributed by atoms with E-state index in [9.17, 15) is 28.1 Å². The molecule has 0 aliphatic heterocycles. The van der Waals surface area contributed by atoms with Gasteiger partial charge >= 0.3 is 0 Å². The molecule has 1 aliphatic carbocycles. The smallest absolute Gasteiger partial charge is 0.271 e. The molecule has 1 saturated carbocycles. The molecule has 0 spiro atoms. The molecule has 2 amide bonds. The van der Waals surface area contributed by atoms with Crippen molar-refractivity contribution in [1.82, 2.24) is 10.2 Å². The number of nitro groups is 1. The summed E-state index contributed by atoms with van der Waals surface area (Å²) in [5, 5.41) is 14.4. The van der Waals surface area contributed by atoms with Crippen LogP contribution in [0.2, 0.25) is 0 Å². The summed E-state index contributed by atoms with van der Waals surface area (Å²) in [6, 6.07) is 10.6. The summed E-state index contributed by atoms with van der Waals surface area (Å²) in [7, 11) is -4.00. The molecule has 1 aliphatic rings. The lowest BCUT2D eigenvalue weighted by molar-refractivity contribution is -0.384. The van der Waals surface area contributed by atoms with Gasteiger partial charge in [-0.1, -0.05) is 50.1 Å². The lowest BCUT2D eigenvalue weighted by atomic mass is 10.1. The van der Waals surface area contributed by atoms with Gasteiger partial charge in [-0.05, 0) is 49.8 Å². The van der Waals surface area contributed by atoms with E-state index in [0.29, 0.717) is 12.0 Å². The van der Waals surface area contributed by atoms with Gasteiger partial charge in [-0.3, -0.25) is 24.0 Å². The number of amides is 2. The fraction of sp³-hybridized carbons (Fsp3) is 0.481. The molecule has 0 unspecified atom stereocenters. The number of aryl methyl sites for hydroxylation is 2. The number of hydrogen-bond donors (Lipinski definition) is 1. The van der Waals surface area contributed by atoms with E-state index in [-0.39, 0.29) is 29.9 Å². The second-order valence-corrected chi connectivity index (χ2v) is 11.8. The summed E-state index contributed by atoms with van der Waals surface area (Å²) in [5.41, 5.74) is 2.00. The minimum absolute atomic E-state index is 0.0503. The number of nitrogens with zero attached hydrogens (tertiary/aromatic N) is 3. The first-order chi connectivity index (χ1) is 17.9. The van der Waals surface area contributed by atoms with Gasteiger partial charge in [0.2, 0.25) is 21.8 Å². The van der Waals surface area contributed by atoms with Gasteiger partial charge in [0.1, 0.15) is 12.6 Å². The Balaban J connectivity index is 1.99. The molecule has 0 aromatic heterocycles. The van der Waals surface area contributed by atoms with Crippen LogP contribution >= 0.6 is 0 Å². The Kier molecular flexibility index (Phi) is 9.48. The van der Waals surface area contributed by atoms with E-state index in [1.165, 1.54) is 17.0 Å². The van der Waals surface area contributed by atoms with Crippen molar-refractivity contribution in [2.45, 2.75) is 71.5 Å². The van der Waals surface area contributed by atoms with E-state index in [4.69, 9.17) is 0 Å². The largest absolute Gasteiger partial charge is 0.352 e. The minimum Gasteiger partial charge on any atom is -0.352 e. The highest BCUT2D eigenvalue weighted by Crippen LogP contribution is 2.28. The summed E-state index contributed by atoms with van der Waals surface area (Å²) < 4.78 is 26.6. The van der Waals surface area contributed by atoms with Crippen molar-refractivity contribution >= 4 is 33.2 Å². The van der Waals surface area contributed by atoms with Crippen molar-refractivity contribution in [3.8, 4) is 0 Å². The van der Waals surface area contributed by atoms with Gasteiger partial charge in [-0.15, -0.1) is 0 Å². The molecule has 1 fully saturated rings.